The maximum Gasteiger partial charge on any atom is 0.322 e. The molecule has 0 amide bonds. The van der Waals surface area contributed by atoms with Gasteiger partial charge < -0.3 is 9.64 Å². The minimum Gasteiger partial charge on any atom is -0.463 e. The fourth-order valence-corrected chi connectivity index (χ4v) is 2.78. The van der Waals surface area contributed by atoms with Gasteiger partial charge in [-0.2, -0.15) is 15.0 Å². The van der Waals surface area contributed by atoms with Crippen LogP contribution in [0.25, 0.3) is 0 Å². The summed E-state index contributed by atoms with van der Waals surface area (Å²) >= 11 is 13.3. The average molecular weight is 333 g/mol. The van der Waals surface area contributed by atoms with E-state index in [2.05, 4.69) is 15.0 Å². The van der Waals surface area contributed by atoms with Crippen LogP contribution in [-0.2, 0) is 6.54 Å². The van der Waals surface area contributed by atoms with Gasteiger partial charge in [0.25, 0.3) is 0 Å². The number of hydrogen-bond acceptors (Lipinski definition) is 6. The van der Waals surface area contributed by atoms with E-state index in [-0.39, 0.29) is 11.3 Å². The van der Waals surface area contributed by atoms with Crippen molar-refractivity contribution >= 4 is 40.5 Å². The fourth-order valence-electron chi connectivity index (χ4n) is 1.49. The first-order chi connectivity index (χ1) is 9.58. The van der Waals surface area contributed by atoms with Crippen LogP contribution in [-0.4, -0.2) is 28.6 Å². The molecule has 2 rings (SSSR count). The summed E-state index contributed by atoms with van der Waals surface area (Å²) in [7, 11) is 1.88. The second-order valence-corrected chi connectivity index (χ2v) is 6.24. The number of anilines is 1. The fraction of sp³-hybridized carbons (Fsp3) is 0.417. The van der Waals surface area contributed by atoms with Crippen LogP contribution < -0.4 is 9.64 Å². The van der Waals surface area contributed by atoms with Gasteiger partial charge in [-0.05, 0) is 30.2 Å². The molecule has 5 nitrogen and oxygen atoms in total. The van der Waals surface area contributed by atoms with Crippen molar-refractivity contribution in [3.05, 3.63) is 26.6 Å². The number of rotatable bonds is 6. The van der Waals surface area contributed by atoms with Crippen LogP contribution in [0.1, 0.15) is 18.2 Å². The molecular weight excluding hydrogens is 319 g/mol. The van der Waals surface area contributed by atoms with Gasteiger partial charge in [0.15, 0.2) is 0 Å². The third kappa shape index (κ3) is 4.19. The minimum atomic E-state index is 0.122. The first-order valence-corrected chi connectivity index (χ1v) is 7.65. The van der Waals surface area contributed by atoms with E-state index >= 15 is 0 Å². The van der Waals surface area contributed by atoms with Crippen LogP contribution >= 0.6 is 34.5 Å². The van der Waals surface area contributed by atoms with Gasteiger partial charge in [0.05, 0.1) is 17.5 Å². The third-order valence-corrected chi connectivity index (χ3v) is 3.76. The van der Waals surface area contributed by atoms with E-state index in [0.29, 0.717) is 19.1 Å². The van der Waals surface area contributed by atoms with Crippen LogP contribution in [0.2, 0.25) is 9.62 Å². The van der Waals surface area contributed by atoms with Crippen molar-refractivity contribution in [1.29, 1.82) is 0 Å². The number of hydrogen-bond donors (Lipinski definition) is 0. The predicted molar refractivity (Wildman–Crippen MR) is 82.1 cm³/mol. The second-order valence-electron chi connectivity index (χ2n) is 4.10. The summed E-state index contributed by atoms with van der Waals surface area (Å²) in [5.74, 6) is 0.473. The molecule has 0 aliphatic heterocycles. The Morgan fingerprint density at radius 2 is 2.05 bits per heavy atom. The van der Waals surface area contributed by atoms with Crippen LogP contribution in [0, 0.1) is 0 Å². The molecule has 0 aromatic carbocycles. The minimum absolute atomic E-state index is 0.122. The summed E-state index contributed by atoms with van der Waals surface area (Å²) in [4.78, 5) is 15.3. The lowest BCUT2D eigenvalue weighted by Crippen LogP contribution is -2.19. The predicted octanol–water partition coefficient (Wildman–Crippen LogP) is 3.67. The standard InChI is InChI=1S/C12H14Cl2N4OS/c1-3-6-19-12-16-10(14)15-11(17-12)18(2)7-8-4-5-9(13)20-8/h4-5H,3,6-7H2,1-2H3. The largest absolute Gasteiger partial charge is 0.463 e. The van der Waals surface area contributed by atoms with Crippen molar-refractivity contribution in [1.82, 2.24) is 15.0 Å². The Bertz CT molecular complexity index is 578. The summed E-state index contributed by atoms with van der Waals surface area (Å²) in [6, 6.07) is 4.09. The molecule has 8 heteroatoms. The maximum absolute atomic E-state index is 5.92. The molecule has 0 bridgehead atoms. The quantitative estimate of drug-likeness (QED) is 0.807. The van der Waals surface area contributed by atoms with Crippen molar-refractivity contribution in [3.63, 3.8) is 0 Å². The highest BCUT2D eigenvalue weighted by Gasteiger charge is 2.11. The van der Waals surface area contributed by atoms with Gasteiger partial charge in [-0.1, -0.05) is 18.5 Å². The molecule has 0 saturated heterocycles. The lowest BCUT2D eigenvalue weighted by molar-refractivity contribution is 0.291. The van der Waals surface area contributed by atoms with Gasteiger partial charge in [0.2, 0.25) is 11.2 Å². The van der Waals surface area contributed by atoms with Gasteiger partial charge in [0, 0.05) is 11.9 Å². The summed E-state index contributed by atoms with van der Waals surface area (Å²) in [6.45, 7) is 3.20. The molecule has 0 spiro atoms. The molecule has 0 radical (unpaired) electrons. The zero-order valence-corrected chi connectivity index (χ0v) is 13.5. The molecule has 0 aliphatic carbocycles. The molecule has 2 aromatic heterocycles. The van der Waals surface area contributed by atoms with Gasteiger partial charge in [-0.3, -0.25) is 0 Å². The third-order valence-electron chi connectivity index (χ3n) is 2.37. The highest BCUT2D eigenvalue weighted by atomic mass is 35.5. The second kappa shape index (κ2) is 7.06. The lowest BCUT2D eigenvalue weighted by Gasteiger charge is -2.16. The Labute approximate surface area is 131 Å². The molecule has 2 aromatic rings. The van der Waals surface area contributed by atoms with Gasteiger partial charge in [0.1, 0.15) is 0 Å². The molecule has 0 unspecified atom stereocenters. The van der Waals surface area contributed by atoms with E-state index in [1.54, 1.807) is 0 Å². The van der Waals surface area contributed by atoms with Crippen molar-refractivity contribution in [2.45, 2.75) is 19.9 Å². The van der Waals surface area contributed by atoms with Crippen LogP contribution in [0.5, 0.6) is 6.01 Å². The highest BCUT2D eigenvalue weighted by Crippen LogP contribution is 2.24. The average Bonchev–Trinajstić information content (AvgIpc) is 2.81. The number of halogens is 2. The molecule has 108 valence electrons. The van der Waals surface area contributed by atoms with Crippen LogP contribution in [0.3, 0.4) is 0 Å². The number of aromatic nitrogens is 3. The molecule has 0 N–H and O–H groups in total. The summed E-state index contributed by atoms with van der Waals surface area (Å²) in [6.07, 6.45) is 0.877. The van der Waals surface area contributed by atoms with Gasteiger partial charge in [-0.15, -0.1) is 11.3 Å². The monoisotopic (exact) mass is 332 g/mol. The van der Waals surface area contributed by atoms with E-state index in [1.165, 1.54) is 11.3 Å². The zero-order chi connectivity index (χ0) is 14.5. The Kier molecular flexibility index (Phi) is 5.39. The van der Waals surface area contributed by atoms with Crippen LogP contribution in [0.4, 0.5) is 5.95 Å². The summed E-state index contributed by atoms with van der Waals surface area (Å²) < 4.78 is 6.15. The topological polar surface area (TPSA) is 51.1 Å². The maximum atomic E-state index is 5.92. The Balaban J connectivity index is 2.12. The van der Waals surface area contributed by atoms with Crippen molar-refractivity contribution in [2.24, 2.45) is 0 Å². The van der Waals surface area contributed by atoms with E-state index in [1.807, 2.05) is 31.0 Å². The number of nitrogens with zero attached hydrogens (tertiary/aromatic N) is 4. The van der Waals surface area contributed by atoms with Crippen molar-refractivity contribution < 1.29 is 4.74 Å². The SMILES string of the molecule is CCCOc1nc(Cl)nc(N(C)Cc2ccc(Cl)s2)n1. The van der Waals surface area contributed by atoms with E-state index in [9.17, 15) is 0 Å². The molecule has 0 aliphatic rings. The molecule has 2 heterocycles. The molecule has 0 fully saturated rings. The molecule has 0 atom stereocenters. The molecule has 0 saturated carbocycles. The Morgan fingerprint density at radius 3 is 2.70 bits per heavy atom. The van der Waals surface area contributed by atoms with E-state index in [4.69, 9.17) is 27.9 Å². The molecule has 20 heavy (non-hydrogen) atoms. The number of ether oxygens (including phenoxy) is 1. The zero-order valence-electron chi connectivity index (χ0n) is 11.1. The summed E-state index contributed by atoms with van der Waals surface area (Å²) in [5, 5.41) is 0.122. The van der Waals surface area contributed by atoms with Crippen molar-refractivity contribution in [3.8, 4) is 6.01 Å². The lowest BCUT2D eigenvalue weighted by atomic mass is 10.4. The number of thiophene rings is 1. The van der Waals surface area contributed by atoms with Gasteiger partial charge >= 0.3 is 6.01 Å². The van der Waals surface area contributed by atoms with Gasteiger partial charge in [-0.25, -0.2) is 0 Å². The van der Waals surface area contributed by atoms with Crippen molar-refractivity contribution in [2.75, 3.05) is 18.6 Å². The molecular formula is C12H14Cl2N4OS. The van der Waals surface area contributed by atoms with E-state index < -0.39 is 0 Å². The highest BCUT2D eigenvalue weighted by molar-refractivity contribution is 7.16. The first-order valence-electron chi connectivity index (χ1n) is 6.08. The van der Waals surface area contributed by atoms with E-state index in [0.717, 1.165) is 15.6 Å². The first kappa shape index (κ1) is 15.3. The summed E-state index contributed by atoms with van der Waals surface area (Å²) in [5.41, 5.74) is 0. The Morgan fingerprint density at radius 1 is 1.25 bits per heavy atom. The van der Waals surface area contributed by atoms with Crippen LogP contribution in [0.15, 0.2) is 12.1 Å². The smallest absolute Gasteiger partial charge is 0.322 e. The normalized spacial score (nSPS) is 10.6. The Hall–Kier alpha value is -1.11.